The molecule has 25 heavy (non-hydrogen) atoms. The van der Waals surface area contributed by atoms with Crippen molar-refractivity contribution in [2.45, 2.75) is 32.2 Å². The molecule has 0 radical (unpaired) electrons. The molecule has 0 aliphatic rings. The molecule has 1 aromatic heterocycles. The van der Waals surface area contributed by atoms with Crippen LogP contribution in [0.4, 0.5) is 4.39 Å². The molecule has 0 aliphatic carbocycles. The second-order valence-electron chi connectivity index (χ2n) is 5.49. The Hall–Kier alpha value is -2.26. The summed E-state index contributed by atoms with van der Waals surface area (Å²) in [5.74, 6) is -0.637. The zero-order valence-corrected chi connectivity index (χ0v) is 15.1. The van der Waals surface area contributed by atoms with E-state index in [1.165, 1.54) is 26.0 Å². The molecule has 1 amide bonds. The monoisotopic (exact) mass is 369 g/mol. The first-order chi connectivity index (χ1) is 11.8. The van der Waals surface area contributed by atoms with E-state index >= 15 is 0 Å². The van der Waals surface area contributed by atoms with Gasteiger partial charge in [0.15, 0.2) is 5.76 Å². The third-order valence-corrected chi connectivity index (χ3v) is 5.81. The zero-order valence-electron chi connectivity index (χ0n) is 14.2. The van der Waals surface area contributed by atoms with E-state index in [0.717, 1.165) is 4.31 Å². The Morgan fingerprint density at radius 1 is 1.28 bits per heavy atom. The van der Waals surface area contributed by atoms with Gasteiger partial charge in [-0.15, -0.1) is 0 Å². The van der Waals surface area contributed by atoms with Gasteiger partial charge in [0.05, 0.1) is 6.54 Å². The molecule has 0 bridgehead atoms. The van der Waals surface area contributed by atoms with E-state index in [4.69, 9.17) is 4.52 Å². The number of carbonyl (C=O) groups is 1. The number of aryl methyl sites for hydroxylation is 2. The Bertz CT molecular complexity index is 827. The van der Waals surface area contributed by atoms with Crippen LogP contribution < -0.4 is 5.32 Å². The van der Waals surface area contributed by atoms with Crippen LogP contribution in [0.5, 0.6) is 0 Å². The number of nitrogens with zero attached hydrogens (tertiary/aromatic N) is 2. The largest absolute Gasteiger partial charge is 0.360 e. The second-order valence-corrected chi connectivity index (χ2v) is 7.36. The Morgan fingerprint density at radius 3 is 2.44 bits per heavy atom. The van der Waals surface area contributed by atoms with Gasteiger partial charge < -0.3 is 9.84 Å². The Kier molecular flexibility index (Phi) is 5.91. The van der Waals surface area contributed by atoms with Crippen molar-refractivity contribution in [1.29, 1.82) is 0 Å². The highest BCUT2D eigenvalue weighted by Crippen LogP contribution is 2.22. The first-order valence-electron chi connectivity index (χ1n) is 7.70. The van der Waals surface area contributed by atoms with Crippen LogP contribution in [-0.4, -0.2) is 36.9 Å². The van der Waals surface area contributed by atoms with E-state index < -0.39 is 15.9 Å². The highest BCUT2D eigenvalue weighted by molar-refractivity contribution is 7.89. The van der Waals surface area contributed by atoms with Crippen LogP contribution in [0.15, 0.2) is 33.7 Å². The third-order valence-electron chi connectivity index (χ3n) is 3.64. The fraction of sp³-hybridized carbons (Fsp3) is 0.375. The number of rotatable bonds is 7. The molecule has 0 atom stereocenters. The molecule has 1 N–H and O–H groups in total. The maximum atomic E-state index is 12.9. The summed E-state index contributed by atoms with van der Waals surface area (Å²) in [7, 11) is -3.89. The average Bonchev–Trinajstić information content (AvgIpc) is 2.91. The number of sulfonamides is 1. The molecule has 0 aliphatic heterocycles. The SMILES string of the molecule is CCN(CC(=O)NCc1ccc(F)cc1)S(=O)(=O)c1c(C)noc1C. The highest BCUT2D eigenvalue weighted by atomic mass is 32.2. The predicted octanol–water partition coefficient (Wildman–Crippen LogP) is 1.76. The maximum Gasteiger partial charge on any atom is 0.248 e. The molecular formula is C16H20FN3O4S. The molecule has 2 aromatic rings. The van der Waals surface area contributed by atoms with Gasteiger partial charge in [-0.25, -0.2) is 12.8 Å². The average molecular weight is 369 g/mol. The van der Waals surface area contributed by atoms with E-state index in [-0.39, 0.29) is 41.8 Å². The molecular weight excluding hydrogens is 349 g/mol. The van der Waals surface area contributed by atoms with Crippen LogP contribution in [0.2, 0.25) is 0 Å². The van der Waals surface area contributed by atoms with Crippen LogP contribution in [0.3, 0.4) is 0 Å². The van der Waals surface area contributed by atoms with Gasteiger partial charge in [-0.05, 0) is 31.5 Å². The van der Waals surface area contributed by atoms with Crippen molar-refractivity contribution < 1.29 is 22.1 Å². The molecule has 0 unspecified atom stereocenters. The molecule has 0 fully saturated rings. The smallest absolute Gasteiger partial charge is 0.248 e. The summed E-state index contributed by atoms with van der Waals surface area (Å²) >= 11 is 0. The summed E-state index contributed by atoms with van der Waals surface area (Å²) in [4.78, 5) is 12.1. The van der Waals surface area contributed by atoms with Crippen molar-refractivity contribution in [2.75, 3.05) is 13.1 Å². The summed E-state index contributed by atoms with van der Waals surface area (Å²) in [6.45, 7) is 4.66. The van der Waals surface area contributed by atoms with Gasteiger partial charge in [-0.1, -0.05) is 24.2 Å². The molecule has 9 heteroatoms. The van der Waals surface area contributed by atoms with Crippen LogP contribution >= 0.6 is 0 Å². The lowest BCUT2D eigenvalue weighted by atomic mass is 10.2. The number of hydrogen-bond acceptors (Lipinski definition) is 5. The molecule has 0 saturated heterocycles. The Morgan fingerprint density at radius 2 is 1.92 bits per heavy atom. The molecule has 136 valence electrons. The zero-order chi connectivity index (χ0) is 18.6. The van der Waals surface area contributed by atoms with E-state index in [0.29, 0.717) is 5.56 Å². The van der Waals surface area contributed by atoms with Gasteiger partial charge in [0, 0.05) is 13.1 Å². The van der Waals surface area contributed by atoms with E-state index in [1.807, 2.05) is 0 Å². The molecule has 2 rings (SSSR count). The Labute approximate surface area is 145 Å². The van der Waals surface area contributed by atoms with Crippen molar-refractivity contribution in [1.82, 2.24) is 14.8 Å². The van der Waals surface area contributed by atoms with E-state index in [9.17, 15) is 17.6 Å². The summed E-state index contributed by atoms with van der Waals surface area (Å²) in [5, 5.41) is 6.27. The van der Waals surface area contributed by atoms with Crippen molar-refractivity contribution >= 4 is 15.9 Å². The fourth-order valence-electron chi connectivity index (χ4n) is 2.36. The normalized spacial score (nSPS) is 11.7. The van der Waals surface area contributed by atoms with Gasteiger partial charge in [0.25, 0.3) is 0 Å². The number of aromatic nitrogens is 1. The van der Waals surface area contributed by atoms with E-state index in [2.05, 4.69) is 10.5 Å². The molecule has 1 aromatic carbocycles. The van der Waals surface area contributed by atoms with Crippen LogP contribution in [-0.2, 0) is 21.4 Å². The minimum absolute atomic E-state index is 0.0133. The number of amides is 1. The molecule has 7 nitrogen and oxygen atoms in total. The van der Waals surface area contributed by atoms with Crippen molar-refractivity contribution in [3.63, 3.8) is 0 Å². The summed E-state index contributed by atoms with van der Waals surface area (Å²) < 4.78 is 44.3. The Balaban J connectivity index is 2.05. The lowest BCUT2D eigenvalue weighted by Crippen LogP contribution is -2.40. The maximum absolute atomic E-state index is 12.9. The summed E-state index contributed by atoms with van der Waals surface area (Å²) in [5.41, 5.74) is 0.967. The van der Waals surface area contributed by atoms with Crippen LogP contribution in [0.25, 0.3) is 0 Å². The van der Waals surface area contributed by atoms with Crippen molar-refractivity contribution in [3.05, 3.63) is 47.1 Å². The number of nitrogens with one attached hydrogen (secondary N) is 1. The van der Waals surface area contributed by atoms with Gasteiger partial charge in [-0.3, -0.25) is 4.79 Å². The minimum Gasteiger partial charge on any atom is -0.360 e. The number of carbonyl (C=O) groups excluding carboxylic acids is 1. The van der Waals surface area contributed by atoms with Crippen LogP contribution in [0.1, 0.15) is 23.9 Å². The van der Waals surface area contributed by atoms with Gasteiger partial charge >= 0.3 is 0 Å². The van der Waals surface area contributed by atoms with Gasteiger partial charge in [0.1, 0.15) is 16.4 Å². The molecule has 0 spiro atoms. The lowest BCUT2D eigenvalue weighted by Gasteiger charge is -2.19. The van der Waals surface area contributed by atoms with Gasteiger partial charge in [0.2, 0.25) is 15.9 Å². The third kappa shape index (κ3) is 4.43. The fourth-order valence-corrected chi connectivity index (χ4v) is 4.05. The predicted molar refractivity (Wildman–Crippen MR) is 88.7 cm³/mol. The second kappa shape index (κ2) is 7.75. The quantitative estimate of drug-likeness (QED) is 0.803. The van der Waals surface area contributed by atoms with Crippen LogP contribution in [0, 0.1) is 19.7 Å². The lowest BCUT2D eigenvalue weighted by molar-refractivity contribution is -0.121. The topological polar surface area (TPSA) is 92.5 Å². The number of halogens is 1. The van der Waals surface area contributed by atoms with Gasteiger partial charge in [-0.2, -0.15) is 4.31 Å². The van der Waals surface area contributed by atoms with Crippen molar-refractivity contribution in [3.8, 4) is 0 Å². The number of hydrogen-bond donors (Lipinski definition) is 1. The summed E-state index contributed by atoms with van der Waals surface area (Å²) in [6, 6.07) is 5.69. The molecule has 1 heterocycles. The first kappa shape index (κ1) is 19.1. The first-order valence-corrected chi connectivity index (χ1v) is 9.14. The molecule has 0 saturated carbocycles. The number of benzene rings is 1. The number of likely N-dealkylation sites (N-methyl/N-ethyl adjacent to an activating group) is 1. The summed E-state index contributed by atoms with van der Waals surface area (Å²) in [6.07, 6.45) is 0. The van der Waals surface area contributed by atoms with Crippen molar-refractivity contribution in [2.24, 2.45) is 0 Å². The minimum atomic E-state index is -3.89. The van der Waals surface area contributed by atoms with E-state index in [1.54, 1.807) is 19.1 Å². The standard InChI is InChI=1S/C16H20FN3O4S/c1-4-20(25(22,23)16-11(2)19-24-12(16)3)10-15(21)18-9-13-5-7-14(17)8-6-13/h5-8H,4,9-10H2,1-3H3,(H,18,21). The highest BCUT2D eigenvalue weighted by Gasteiger charge is 2.31.